The minimum atomic E-state index is -1.11. The summed E-state index contributed by atoms with van der Waals surface area (Å²) in [5.41, 5.74) is -1.95. The molecule has 0 radical (unpaired) electrons. The van der Waals surface area contributed by atoms with Gasteiger partial charge in [-0.3, -0.25) is 14.4 Å². The van der Waals surface area contributed by atoms with Crippen LogP contribution < -0.4 is 0 Å². The van der Waals surface area contributed by atoms with Crippen molar-refractivity contribution in [1.82, 2.24) is 9.80 Å². The monoisotopic (exact) mass is 488 g/mol. The molecule has 35 heavy (non-hydrogen) atoms. The van der Waals surface area contributed by atoms with Crippen LogP contribution in [0.15, 0.2) is 25.3 Å². The van der Waals surface area contributed by atoms with Crippen LogP contribution in [0.4, 0.5) is 0 Å². The maximum Gasteiger partial charge on any atom is 0.313 e. The lowest BCUT2D eigenvalue weighted by Crippen LogP contribution is -2.60. The standard InChI is InChI=1S/C27H40N2O6/c1-5-15-28(19-11-9-8-10-12-19)24(32)22-27-14-13-26(7-3,35-27)21(25(33)34-16-6-2)20(27)23(31)29(22)18(4)17-30/h5-6,18-22,30H,1-2,7-17H2,3-4H3/t18-,20+,21+,22?,26-,27?/m1/s1. The Balaban J connectivity index is 1.78. The minimum Gasteiger partial charge on any atom is -0.461 e. The van der Waals surface area contributed by atoms with E-state index in [0.29, 0.717) is 25.8 Å². The molecule has 8 nitrogen and oxygen atoms in total. The second-order valence-corrected chi connectivity index (χ2v) is 10.6. The zero-order valence-electron chi connectivity index (χ0n) is 21.1. The van der Waals surface area contributed by atoms with Crippen molar-refractivity contribution >= 4 is 17.8 Å². The molecule has 2 bridgehead atoms. The molecular formula is C27H40N2O6. The predicted octanol–water partition coefficient (Wildman–Crippen LogP) is 2.60. The molecule has 1 spiro atoms. The van der Waals surface area contributed by atoms with E-state index < -0.39 is 41.1 Å². The summed E-state index contributed by atoms with van der Waals surface area (Å²) in [5, 5.41) is 10.0. The van der Waals surface area contributed by atoms with Crippen molar-refractivity contribution in [1.29, 1.82) is 0 Å². The van der Waals surface area contributed by atoms with Gasteiger partial charge in [-0.25, -0.2) is 0 Å². The van der Waals surface area contributed by atoms with Gasteiger partial charge in [0.25, 0.3) is 0 Å². The Bertz CT molecular complexity index is 870. The molecule has 3 aliphatic heterocycles. The highest BCUT2D eigenvalue weighted by atomic mass is 16.6. The number of nitrogens with zero attached hydrogens (tertiary/aromatic N) is 2. The Kier molecular flexibility index (Phi) is 7.44. The van der Waals surface area contributed by atoms with E-state index in [-0.39, 0.29) is 31.1 Å². The van der Waals surface area contributed by atoms with E-state index in [1.54, 1.807) is 13.0 Å². The average Bonchev–Trinajstić information content (AvgIpc) is 3.49. The van der Waals surface area contributed by atoms with Crippen molar-refractivity contribution in [2.75, 3.05) is 19.8 Å². The number of carbonyl (C=O) groups excluding carboxylic acids is 3. The maximum absolute atomic E-state index is 14.4. The summed E-state index contributed by atoms with van der Waals surface area (Å²) in [6.07, 6.45) is 9.99. The first kappa shape index (κ1) is 25.9. The number of amides is 2. The molecule has 1 aliphatic carbocycles. The molecule has 4 aliphatic rings. The van der Waals surface area contributed by atoms with Gasteiger partial charge in [0.2, 0.25) is 11.8 Å². The summed E-state index contributed by atoms with van der Waals surface area (Å²) < 4.78 is 12.2. The van der Waals surface area contributed by atoms with Crippen molar-refractivity contribution in [2.24, 2.45) is 11.8 Å². The molecule has 194 valence electrons. The number of esters is 1. The molecule has 1 saturated carbocycles. The molecule has 3 heterocycles. The smallest absolute Gasteiger partial charge is 0.313 e. The number of aliphatic hydroxyl groups excluding tert-OH is 1. The fourth-order valence-electron chi connectivity index (χ4n) is 7.19. The second kappa shape index (κ2) is 10.1. The third-order valence-electron chi connectivity index (χ3n) is 8.81. The van der Waals surface area contributed by atoms with Gasteiger partial charge in [0.1, 0.15) is 24.2 Å². The molecule has 3 saturated heterocycles. The summed E-state index contributed by atoms with van der Waals surface area (Å²) in [7, 11) is 0. The molecule has 2 amide bonds. The summed E-state index contributed by atoms with van der Waals surface area (Å²) in [6, 6.07) is -1.40. The van der Waals surface area contributed by atoms with E-state index >= 15 is 0 Å². The van der Waals surface area contributed by atoms with E-state index in [1.165, 1.54) is 11.0 Å². The van der Waals surface area contributed by atoms with Crippen molar-refractivity contribution < 1.29 is 29.0 Å². The highest BCUT2D eigenvalue weighted by molar-refractivity contribution is 5.98. The lowest BCUT2D eigenvalue weighted by atomic mass is 9.65. The van der Waals surface area contributed by atoms with Crippen molar-refractivity contribution in [3.05, 3.63) is 25.3 Å². The Morgan fingerprint density at radius 2 is 1.97 bits per heavy atom. The Morgan fingerprint density at radius 1 is 1.26 bits per heavy atom. The van der Waals surface area contributed by atoms with E-state index in [9.17, 15) is 19.5 Å². The van der Waals surface area contributed by atoms with Crippen LogP contribution in [0.25, 0.3) is 0 Å². The summed E-state index contributed by atoms with van der Waals surface area (Å²) in [5.74, 6) is -2.55. The molecule has 1 N–H and O–H groups in total. The minimum absolute atomic E-state index is 0.0525. The first-order valence-electron chi connectivity index (χ1n) is 13.1. The Morgan fingerprint density at radius 3 is 2.57 bits per heavy atom. The highest BCUT2D eigenvalue weighted by Crippen LogP contribution is 2.64. The maximum atomic E-state index is 14.4. The van der Waals surface area contributed by atoms with Crippen LogP contribution in [0.5, 0.6) is 0 Å². The van der Waals surface area contributed by atoms with Crippen LogP contribution >= 0.6 is 0 Å². The molecule has 0 aromatic heterocycles. The van der Waals surface area contributed by atoms with Gasteiger partial charge in [0.05, 0.1) is 24.2 Å². The van der Waals surface area contributed by atoms with Gasteiger partial charge in [0, 0.05) is 12.6 Å². The van der Waals surface area contributed by atoms with Crippen molar-refractivity contribution in [3.8, 4) is 0 Å². The molecule has 0 aromatic rings. The summed E-state index contributed by atoms with van der Waals surface area (Å²) in [4.78, 5) is 45.0. The summed E-state index contributed by atoms with van der Waals surface area (Å²) in [6.45, 7) is 11.3. The molecule has 2 unspecified atom stereocenters. The number of hydrogen-bond acceptors (Lipinski definition) is 6. The first-order chi connectivity index (χ1) is 16.8. The van der Waals surface area contributed by atoms with Gasteiger partial charge >= 0.3 is 5.97 Å². The average molecular weight is 489 g/mol. The normalized spacial score (nSPS) is 35.0. The third-order valence-corrected chi connectivity index (χ3v) is 8.81. The third kappa shape index (κ3) is 3.93. The van der Waals surface area contributed by atoms with Crippen LogP contribution in [0.2, 0.25) is 0 Å². The molecule has 4 fully saturated rings. The van der Waals surface area contributed by atoms with E-state index in [2.05, 4.69) is 13.2 Å². The summed E-state index contributed by atoms with van der Waals surface area (Å²) >= 11 is 0. The first-order valence-corrected chi connectivity index (χ1v) is 13.1. The topological polar surface area (TPSA) is 96.4 Å². The van der Waals surface area contributed by atoms with Gasteiger partial charge in [-0.15, -0.1) is 6.58 Å². The Hall–Kier alpha value is -2.19. The SMILES string of the molecule is C=CCOC(=O)[C@@H]1[C@H]2C(=O)N([C@H](C)CO)C(C(=O)N(CC=C)C3CCCCC3)C23CC[C@@]1(CC)O3. The fraction of sp³-hybridized carbons (Fsp3) is 0.741. The highest BCUT2D eigenvalue weighted by Gasteiger charge is 2.79. The number of fused-ring (bicyclic) bond motifs is 1. The molecular weight excluding hydrogens is 448 g/mol. The van der Waals surface area contributed by atoms with Crippen LogP contribution in [0.3, 0.4) is 0 Å². The van der Waals surface area contributed by atoms with Gasteiger partial charge in [-0.2, -0.15) is 0 Å². The van der Waals surface area contributed by atoms with Gasteiger partial charge in [-0.1, -0.05) is 44.9 Å². The van der Waals surface area contributed by atoms with Crippen LogP contribution in [0.1, 0.15) is 65.2 Å². The number of likely N-dealkylation sites (tertiary alicyclic amines) is 1. The van der Waals surface area contributed by atoms with Crippen LogP contribution in [0, 0.1) is 11.8 Å². The van der Waals surface area contributed by atoms with Gasteiger partial charge < -0.3 is 24.4 Å². The van der Waals surface area contributed by atoms with E-state index in [1.807, 2.05) is 11.8 Å². The number of ether oxygens (including phenoxy) is 2. The van der Waals surface area contributed by atoms with E-state index in [0.717, 1.165) is 32.1 Å². The number of rotatable bonds is 10. The number of hydrogen-bond donors (Lipinski definition) is 1. The largest absolute Gasteiger partial charge is 0.461 e. The number of aliphatic hydroxyl groups is 1. The molecule has 8 heteroatoms. The van der Waals surface area contributed by atoms with Crippen molar-refractivity contribution in [2.45, 2.75) is 94.5 Å². The fourth-order valence-corrected chi connectivity index (χ4v) is 7.19. The van der Waals surface area contributed by atoms with Crippen LogP contribution in [-0.4, -0.2) is 81.8 Å². The van der Waals surface area contributed by atoms with Gasteiger partial charge in [-0.05, 0) is 39.0 Å². The zero-order chi connectivity index (χ0) is 25.4. The molecule has 4 rings (SSSR count). The predicted molar refractivity (Wildman–Crippen MR) is 130 cm³/mol. The lowest BCUT2D eigenvalue weighted by molar-refractivity contribution is -0.163. The lowest BCUT2D eigenvalue weighted by Gasteiger charge is -2.42. The van der Waals surface area contributed by atoms with E-state index in [4.69, 9.17) is 9.47 Å². The zero-order valence-corrected chi connectivity index (χ0v) is 21.1. The Labute approximate surface area is 208 Å². The molecule has 0 aromatic carbocycles. The van der Waals surface area contributed by atoms with Crippen LogP contribution in [-0.2, 0) is 23.9 Å². The number of carbonyl (C=O) groups is 3. The quantitative estimate of drug-likeness (QED) is 0.375. The molecule has 6 atom stereocenters. The second-order valence-electron chi connectivity index (χ2n) is 10.6. The van der Waals surface area contributed by atoms with Gasteiger partial charge in [0.15, 0.2) is 0 Å². The van der Waals surface area contributed by atoms with Crippen molar-refractivity contribution in [3.63, 3.8) is 0 Å².